The van der Waals surface area contributed by atoms with Crippen LogP contribution in [0.15, 0.2) is 54.6 Å². The summed E-state index contributed by atoms with van der Waals surface area (Å²) < 4.78 is 0. The summed E-state index contributed by atoms with van der Waals surface area (Å²) in [4.78, 5) is 12.2. The summed E-state index contributed by atoms with van der Waals surface area (Å²) in [7, 11) is 0. The normalized spacial score (nSPS) is 12.1. The van der Waals surface area contributed by atoms with Crippen molar-refractivity contribution in [1.29, 1.82) is 0 Å². The number of Topliss-reactive ketones (excluding diaryl/α,β-unsaturated/α-hetero) is 1. The molecule has 19 heavy (non-hydrogen) atoms. The molecule has 2 aromatic carbocycles. The first-order valence-corrected chi connectivity index (χ1v) is 6.66. The van der Waals surface area contributed by atoms with Crippen LogP contribution in [-0.2, 0) is 0 Å². The van der Waals surface area contributed by atoms with Crippen LogP contribution in [0.3, 0.4) is 0 Å². The quantitative estimate of drug-likeness (QED) is 0.828. The molecule has 2 nitrogen and oxygen atoms in total. The molecule has 0 aromatic heterocycles. The van der Waals surface area contributed by atoms with Crippen LogP contribution in [0.25, 0.3) is 11.1 Å². The molecule has 1 atom stereocenters. The van der Waals surface area contributed by atoms with Crippen LogP contribution < -0.4 is 5.73 Å². The van der Waals surface area contributed by atoms with E-state index in [2.05, 4.69) is 12.1 Å². The van der Waals surface area contributed by atoms with Gasteiger partial charge in [-0.2, -0.15) is 0 Å². The van der Waals surface area contributed by atoms with Crippen LogP contribution in [0, 0.1) is 5.92 Å². The lowest BCUT2D eigenvalue weighted by Crippen LogP contribution is -2.22. The monoisotopic (exact) mass is 253 g/mol. The Morgan fingerprint density at radius 1 is 1.00 bits per heavy atom. The van der Waals surface area contributed by atoms with E-state index in [1.165, 1.54) is 0 Å². The number of carbonyl (C=O) groups is 1. The molecule has 2 heteroatoms. The van der Waals surface area contributed by atoms with Crippen molar-refractivity contribution in [3.8, 4) is 11.1 Å². The molecular weight excluding hydrogens is 234 g/mol. The lowest BCUT2D eigenvalue weighted by molar-refractivity contribution is 0.0921. The maximum Gasteiger partial charge on any atom is 0.167 e. The standard InChI is InChI=1S/C17H19NO/c1-2-13(12-18)17(19)16-10-8-15(9-11-16)14-6-4-3-5-7-14/h3-11,13H,2,12,18H2,1H3. The first-order valence-electron chi connectivity index (χ1n) is 6.66. The van der Waals surface area contributed by atoms with Crippen LogP contribution in [0.5, 0.6) is 0 Å². The molecule has 0 aliphatic heterocycles. The fourth-order valence-electron chi connectivity index (χ4n) is 2.15. The molecule has 0 spiro atoms. The first kappa shape index (κ1) is 13.5. The Kier molecular flexibility index (Phi) is 4.48. The Bertz CT molecular complexity index is 527. The number of ketones is 1. The van der Waals surface area contributed by atoms with E-state index in [9.17, 15) is 4.79 Å². The second-order valence-electron chi connectivity index (χ2n) is 4.65. The maximum absolute atomic E-state index is 12.2. The Balaban J connectivity index is 2.22. The molecular formula is C17H19NO. The van der Waals surface area contributed by atoms with Gasteiger partial charge in [-0.15, -0.1) is 0 Å². The third-order valence-electron chi connectivity index (χ3n) is 3.42. The summed E-state index contributed by atoms with van der Waals surface area (Å²) in [5.41, 5.74) is 8.65. The largest absolute Gasteiger partial charge is 0.330 e. The van der Waals surface area contributed by atoms with E-state index in [0.717, 1.165) is 23.1 Å². The molecule has 0 aliphatic carbocycles. The molecule has 2 N–H and O–H groups in total. The Morgan fingerprint density at radius 3 is 2.11 bits per heavy atom. The van der Waals surface area contributed by atoms with Gasteiger partial charge in [0, 0.05) is 18.0 Å². The Hall–Kier alpha value is -1.93. The highest BCUT2D eigenvalue weighted by molar-refractivity contribution is 5.98. The molecule has 98 valence electrons. The van der Waals surface area contributed by atoms with E-state index < -0.39 is 0 Å². The van der Waals surface area contributed by atoms with Gasteiger partial charge in [-0.3, -0.25) is 4.79 Å². The second kappa shape index (κ2) is 6.30. The summed E-state index contributed by atoms with van der Waals surface area (Å²) in [6, 6.07) is 17.9. The zero-order valence-electron chi connectivity index (χ0n) is 11.2. The molecule has 0 saturated heterocycles. The van der Waals surface area contributed by atoms with Crippen LogP contribution in [0.4, 0.5) is 0 Å². The molecule has 0 bridgehead atoms. The molecule has 0 fully saturated rings. The van der Waals surface area contributed by atoms with Crippen molar-refractivity contribution in [2.24, 2.45) is 11.7 Å². The summed E-state index contributed by atoms with van der Waals surface area (Å²) in [5.74, 6) is 0.0761. The van der Waals surface area contributed by atoms with E-state index in [4.69, 9.17) is 5.73 Å². The smallest absolute Gasteiger partial charge is 0.167 e. The van der Waals surface area contributed by atoms with Crippen molar-refractivity contribution in [2.45, 2.75) is 13.3 Å². The SMILES string of the molecule is CCC(CN)C(=O)c1ccc(-c2ccccc2)cc1. The van der Waals surface area contributed by atoms with Crippen LogP contribution >= 0.6 is 0 Å². The average molecular weight is 253 g/mol. The van der Waals surface area contributed by atoms with Crippen LogP contribution in [-0.4, -0.2) is 12.3 Å². The zero-order valence-corrected chi connectivity index (χ0v) is 11.2. The highest BCUT2D eigenvalue weighted by atomic mass is 16.1. The molecule has 0 amide bonds. The summed E-state index contributed by atoms with van der Waals surface area (Å²) in [6.07, 6.45) is 0.787. The van der Waals surface area contributed by atoms with Crippen LogP contribution in [0.1, 0.15) is 23.7 Å². The lowest BCUT2D eigenvalue weighted by atomic mass is 9.94. The predicted octanol–water partition coefficient (Wildman–Crippen LogP) is 3.52. The van der Waals surface area contributed by atoms with Gasteiger partial charge in [0.25, 0.3) is 0 Å². The number of rotatable bonds is 5. The van der Waals surface area contributed by atoms with E-state index in [0.29, 0.717) is 6.54 Å². The Labute approximate surface area is 114 Å². The second-order valence-corrected chi connectivity index (χ2v) is 4.65. The number of carbonyl (C=O) groups excluding carboxylic acids is 1. The maximum atomic E-state index is 12.2. The minimum Gasteiger partial charge on any atom is -0.330 e. The third kappa shape index (κ3) is 3.09. The minimum atomic E-state index is -0.0671. The number of hydrogen-bond donors (Lipinski definition) is 1. The highest BCUT2D eigenvalue weighted by Crippen LogP contribution is 2.20. The average Bonchev–Trinajstić information content (AvgIpc) is 2.49. The van der Waals surface area contributed by atoms with Crippen molar-refractivity contribution in [3.63, 3.8) is 0 Å². The molecule has 1 unspecified atom stereocenters. The van der Waals surface area contributed by atoms with E-state index in [1.54, 1.807) is 0 Å². The topological polar surface area (TPSA) is 43.1 Å². The summed E-state index contributed by atoms with van der Waals surface area (Å²) in [5, 5.41) is 0. The van der Waals surface area contributed by atoms with Gasteiger partial charge < -0.3 is 5.73 Å². The van der Waals surface area contributed by atoms with Crippen molar-refractivity contribution < 1.29 is 4.79 Å². The molecule has 0 saturated carbocycles. The first-order chi connectivity index (χ1) is 9.26. The van der Waals surface area contributed by atoms with E-state index >= 15 is 0 Å². The van der Waals surface area contributed by atoms with Gasteiger partial charge in [0.1, 0.15) is 0 Å². The van der Waals surface area contributed by atoms with Gasteiger partial charge in [-0.05, 0) is 17.5 Å². The fourth-order valence-corrected chi connectivity index (χ4v) is 2.15. The molecule has 2 rings (SSSR count). The van der Waals surface area contributed by atoms with Gasteiger partial charge >= 0.3 is 0 Å². The zero-order chi connectivity index (χ0) is 13.7. The highest BCUT2D eigenvalue weighted by Gasteiger charge is 2.16. The molecule has 0 heterocycles. The van der Waals surface area contributed by atoms with Gasteiger partial charge in [0.2, 0.25) is 0 Å². The number of benzene rings is 2. The molecule has 0 radical (unpaired) electrons. The molecule has 2 aromatic rings. The predicted molar refractivity (Wildman–Crippen MR) is 79.0 cm³/mol. The van der Waals surface area contributed by atoms with Crippen molar-refractivity contribution >= 4 is 5.78 Å². The lowest BCUT2D eigenvalue weighted by Gasteiger charge is -2.11. The molecule has 0 aliphatic rings. The van der Waals surface area contributed by atoms with Gasteiger partial charge in [0.15, 0.2) is 5.78 Å². The third-order valence-corrected chi connectivity index (χ3v) is 3.42. The minimum absolute atomic E-state index is 0.0671. The van der Waals surface area contributed by atoms with Crippen LogP contribution in [0.2, 0.25) is 0 Å². The van der Waals surface area contributed by atoms with E-state index in [-0.39, 0.29) is 11.7 Å². The van der Waals surface area contributed by atoms with Gasteiger partial charge in [0.05, 0.1) is 0 Å². The van der Waals surface area contributed by atoms with E-state index in [1.807, 2.05) is 49.4 Å². The Morgan fingerprint density at radius 2 is 1.58 bits per heavy atom. The summed E-state index contributed by atoms with van der Waals surface area (Å²) >= 11 is 0. The van der Waals surface area contributed by atoms with Gasteiger partial charge in [-0.25, -0.2) is 0 Å². The number of hydrogen-bond acceptors (Lipinski definition) is 2. The fraction of sp³-hybridized carbons (Fsp3) is 0.235. The van der Waals surface area contributed by atoms with Crippen molar-refractivity contribution in [2.75, 3.05) is 6.54 Å². The number of nitrogens with two attached hydrogens (primary N) is 1. The van der Waals surface area contributed by atoms with Crippen molar-refractivity contribution in [1.82, 2.24) is 0 Å². The summed E-state index contributed by atoms with van der Waals surface area (Å²) in [6.45, 7) is 2.41. The van der Waals surface area contributed by atoms with Crippen molar-refractivity contribution in [3.05, 3.63) is 60.2 Å². The van der Waals surface area contributed by atoms with Gasteiger partial charge in [-0.1, -0.05) is 61.5 Å².